The molecule has 6 nitrogen and oxygen atoms in total. The molecular formula is C50H77BO6S2. The van der Waals surface area contributed by atoms with E-state index < -0.39 is 11.9 Å². The van der Waals surface area contributed by atoms with Crippen LogP contribution in [-0.4, -0.2) is 41.0 Å². The van der Waals surface area contributed by atoms with E-state index >= 15 is 0 Å². The number of phenols is 2. The van der Waals surface area contributed by atoms with Crippen LogP contribution in [0, 0.1) is 6.92 Å². The van der Waals surface area contributed by atoms with Gasteiger partial charge in [-0.3, -0.25) is 9.59 Å². The first kappa shape index (κ1) is 52.1. The van der Waals surface area contributed by atoms with Crippen LogP contribution in [0.15, 0.2) is 46.2 Å². The Balaban J connectivity index is 0.000000831. The van der Waals surface area contributed by atoms with Crippen molar-refractivity contribution < 1.29 is 29.6 Å². The first-order valence-corrected chi connectivity index (χ1v) is 22.1. The van der Waals surface area contributed by atoms with E-state index in [0.29, 0.717) is 17.2 Å². The number of carbonyl (C=O) groups excluding carboxylic acids is 1. The molecule has 0 saturated heterocycles. The summed E-state index contributed by atoms with van der Waals surface area (Å²) in [5, 5.41) is 30.6. The second-order valence-corrected chi connectivity index (χ2v) is 26.0. The highest BCUT2D eigenvalue weighted by Gasteiger charge is 2.33. The third kappa shape index (κ3) is 15.4. The second-order valence-electron chi connectivity index (χ2n) is 22.4. The predicted molar refractivity (Wildman–Crippen MR) is 255 cm³/mol. The number of thioether (sulfide) groups is 2. The Labute approximate surface area is 370 Å². The van der Waals surface area contributed by atoms with Gasteiger partial charge in [0.2, 0.25) is 0 Å². The molecule has 0 aliphatic carbocycles. The summed E-state index contributed by atoms with van der Waals surface area (Å²) in [6.07, 6.45) is -0.443. The molecular weight excluding hydrogens is 771 g/mol. The summed E-state index contributed by atoms with van der Waals surface area (Å²) >= 11 is 3.53. The summed E-state index contributed by atoms with van der Waals surface area (Å²) in [5.74, 6) is -0.193. The van der Waals surface area contributed by atoms with E-state index in [1.165, 1.54) is 5.56 Å². The molecule has 0 fully saturated rings. The van der Waals surface area contributed by atoms with Crippen LogP contribution in [0.25, 0.3) is 0 Å². The van der Waals surface area contributed by atoms with Crippen molar-refractivity contribution in [3.05, 3.63) is 75.3 Å². The van der Waals surface area contributed by atoms with E-state index in [-0.39, 0.29) is 49.4 Å². The van der Waals surface area contributed by atoms with Crippen molar-refractivity contribution in [2.24, 2.45) is 0 Å². The number of phenolic OH excluding ortho intramolecular Hbond substituents is 2. The molecule has 9 heteroatoms. The van der Waals surface area contributed by atoms with Crippen LogP contribution in [0.2, 0.25) is 0 Å². The van der Waals surface area contributed by atoms with Gasteiger partial charge in [-0.2, -0.15) is 0 Å². The molecule has 328 valence electrons. The lowest BCUT2D eigenvalue weighted by Crippen LogP contribution is -2.22. The molecule has 0 aliphatic rings. The largest absolute Gasteiger partial charge is 0.507 e. The van der Waals surface area contributed by atoms with Gasteiger partial charge in [0, 0.05) is 40.4 Å². The van der Waals surface area contributed by atoms with Crippen LogP contribution in [0.3, 0.4) is 0 Å². The average molecular weight is 851 g/mol. The van der Waals surface area contributed by atoms with Gasteiger partial charge in [-0.1, -0.05) is 142 Å². The van der Waals surface area contributed by atoms with Crippen molar-refractivity contribution in [3.8, 4) is 17.2 Å². The molecule has 0 bridgehead atoms. The smallest absolute Gasteiger partial charge is 0.311 e. The number of rotatable bonds is 8. The van der Waals surface area contributed by atoms with Gasteiger partial charge in [-0.15, -0.1) is 23.5 Å². The van der Waals surface area contributed by atoms with Crippen LogP contribution < -0.4 is 4.74 Å². The van der Waals surface area contributed by atoms with Crippen molar-refractivity contribution in [2.75, 3.05) is 0 Å². The number of hydrogen-bond acceptors (Lipinski definition) is 7. The molecule has 0 saturated carbocycles. The molecule has 3 N–H and O–H groups in total. The SMILES string of the molecule is CC(C)(Sc1cc(C(C)(C)C)c(O)c(C(C)(C)C)c1)Sc1cc(C(C)(C)C)c(OC(=O)CCC(=O)O)c(C(C)(C)C)c1.Cc1cc(C(C)(C)C)c(O)c(C(C)(C)C)c1.[3H][B]. The van der Waals surface area contributed by atoms with Gasteiger partial charge in [0.05, 0.1) is 16.9 Å². The zero-order valence-corrected chi connectivity index (χ0v) is 42.0. The van der Waals surface area contributed by atoms with E-state index in [1.54, 1.807) is 23.5 Å². The number of esters is 1. The van der Waals surface area contributed by atoms with E-state index in [4.69, 9.17) is 11.2 Å². The first-order chi connectivity index (χ1) is 26.8. The van der Waals surface area contributed by atoms with Gasteiger partial charge in [-0.05, 0) is 90.0 Å². The summed E-state index contributed by atoms with van der Waals surface area (Å²) in [4.78, 5) is 25.9. The number of carbonyl (C=O) groups is 2. The lowest BCUT2D eigenvalue weighted by Gasteiger charge is -2.32. The normalized spacial score (nSPS) is 13.1. The third-order valence-corrected chi connectivity index (χ3v) is 12.2. The molecule has 3 aromatic carbocycles. The quantitative estimate of drug-likeness (QED) is 0.0677. The Morgan fingerprint density at radius 3 is 1.07 bits per heavy atom. The summed E-state index contributed by atoms with van der Waals surface area (Å²) in [6, 6.07) is 12.6. The monoisotopic (exact) mass is 851 g/mol. The van der Waals surface area contributed by atoms with Crippen molar-refractivity contribution in [2.45, 2.75) is 205 Å². The molecule has 0 unspecified atom stereocenters. The van der Waals surface area contributed by atoms with Crippen LogP contribution in [0.5, 0.6) is 17.2 Å². The predicted octanol–water partition coefficient (Wildman–Crippen LogP) is 13.6. The summed E-state index contributed by atoms with van der Waals surface area (Å²) in [6.45, 7) is 44.6. The highest BCUT2D eigenvalue weighted by molar-refractivity contribution is 8.18. The lowest BCUT2D eigenvalue weighted by atomic mass is 9.78. The van der Waals surface area contributed by atoms with Gasteiger partial charge in [0.1, 0.15) is 17.2 Å². The Morgan fingerprint density at radius 2 is 0.797 bits per heavy atom. The molecule has 0 atom stereocenters. The van der Waals surface area contributed by atoms with Crippen LogP contribution in [-0.2, 0) is 42.1 Å². The van der Waals surface area contributed by atoms with Crippen LogP contribution in [0.1, 0.15) is 190 Å². The molecule has 0 amide bonds. The number of aryl methyl sites for hydroxylation is 1. The highest BCUT2D eigenvalue weighted by atomic mass is 32.2. The molecule has 0 aromatic heterocycles. The van der Waals surface area contributed by atoms with Crippen molar-refractivity contribution in [1.82, 2.24) is 0 Å². The molecule has 3 aromatic rings. The molecule has 0 spiro atoms. The molecule has 2 radical (unpaired) electrons. The fourth-order valence-corrected chi connectivity index (χ4v) is 9.17. The fraction of sp³-hybridized carbons (Fsp3) is 0.600. The van der Waals surface area contributed by atoms with E-state index in [2.05, 4.69) is 190 Å². The first-order valence-electron chi connectivity index (χ1n) is 21.1. The van der Waals surface area contributed by atoms with E-state index in [0.717, 1.165) is 43.2 Å². The Kier molecular flexibility index (Phi) is 16.7. The van der Waals surface area contributed by atoms with Gasteiger partial charge in [-0.25, -0.2) is 0 Å². The van der Waals surface area contributed by atoms with Crippen molar-refractivity contribution in [3.63, 3.8) is 0 Å². The van der Waals surface area contributed by atoms with Gasteiger partial charge in [0.15, 0.2) is 0 Å². The number of carboxylic acid groups (broad SMARTS) is 1. The highest BCUT2D eigenvalue weighted by Crippen LogP contribution is 2.51. The van der Waals surface area contributed by atoms with Gasteiger partial charge >= 0.3 is 11.9 Å². The second kappa shape index (κ2) is 18.9. The Bertz CT molecular complexity index is 1860. The minimum Gasteiger partial charge on any atom is -0.507 e. The number of aromatic hydroxyl groups is 2. The minimum atomic E-state index is -1.02. The number of carboxylic acids is 1. The van der Waals surface area contributed by atoms with Crippen LogP contribution in [0.4, 0.5) is 0 Å². The van der Waals surface area contributed by atoms with Crippen LogP contribution >= 0.6 is 23.5 Å². The summed E-state index contributed by atoms with van der Waals surface area (Å²) in [5.41, 5.74) is 5.90. The average Bonchev–Trinajstić information content (AvgIpc) is 3.03. The maximum absolute atomic E-state index is 12.7. The minimum absolute atomic E-state index is 0.0178. The number of ether oxygens (including phenoxy) is 1. The van der Waals surface area contributed by atoms with Crippen molar-refractivity contribution in [1.29, 1.82) is 1.34 Å². The topological polar surface area (TPSA) is 104 Å². The molecule has 59 heavy (non-hydrogen) atoms. The molecule has 0 aliphatic heterocycles. The maximum Gasteiger partial charge on any atom is 0.311 e. The summed E-state index contributed by atoms with van der Waals surface area (Å²) in [7, 11) is 3.75. The zero-order chi connectivity index (χ0) is 47.4. The fourth-order valence-electron chi connectivity index (χ4n) is 6.58. The van der Waals surface area contributed by atoms with E-state index in [1.807, 2.05) is 0 Å². The number of benzene rings is 3. The molecule has 0 heterocycles. The lowest BCUT2D eigenvalue weighted by molar-refractivity contribution is -0.142. The number of hydrogen-bond donors (Lipinski definition) is 3. The maximum atomic E-state index is 12.7. The zero-order valence-electron chi connectivity index (χ0n) is 41.3. The van der Waals surface area contributed by atoms with Gasteiger partial charge in [0.25, 0.3) is 0 Å². The van der Waals surface area contributed by atoms with Gasteiger partial charge < -0.3 is 20.1 Å². The molecule has 3 rings (SSSR count). The summed E-state index contributed by atoms with van der Waals surface area (Å²) < 4.78 is 10.9. The number of aliphatic carboxylic acids is 1. The van der Waals surface area contributed by atoms with E-state index in [9.17, 15) is 19.8 Å². The Hall–Kier alpha value is -3.04. The van der Waals surface area contributed by atoms with Crippen molar-refractivity contribution >= 4 is 43.8 Å². The Morgan fingerprint density at radius 1 is 0.525 bits per heavy atom. The standard InChI is InChI=1S/C35H52O5S2.C15H24O.BH/c1-31(2,3)23-17-21(18-24(29(23)39)32(4,5)6)41-35(13,14)42-22-19-25(33(7,8)9)30(26(20-22)34(10,11)12)40-28(38)16-15-27(36)37;1-10-8-11(14(2,3)4)13(16)12(9-10)15(5,6)7;/h17-20,39H,15-16H2,1-14H3,(H,36,37);8-9,16H,1-7H3;1H/i;;1T. The third-order valence-electron chi connectivity index (χ3n) is 9.73.